The lowest BCUT2D eigenvalue weighted by molar-refractivity contribution is -0.139. The number of aliphatic imine (C=N–C) groups is 1. The van der Waals surface area contributed by atoms with Crippen LogP contribution in [0.4, 0.5) is 13.2 Å². The molecule has 1 aromatic carbocycles. The normalized spacial score (nSPS) is 25.8. The van der Waals surface area contributed by atoms with Crippen LogP contribution in [0.2, 0.25) is 0 Å². The molecule has 0 bridgehead atoms. The molecule has 2 atom stereocenters. The van der Waals surface area contributed by atoms with E-state index in [4.69, 9.17) is 4.74 Å². The molecule has 1 fully saturated rings. The van der Waals surface area contributed by atoms with Crippen molar-refractivity contribution in [1.82, 2.24) is 10.2 Å². The van der Waals surface area contributed by atoms with Crippen molar-refractivity contribution in [1.29, 1.82) is 0 Å². The van der Waals surface area contributed by atoms with Crippen molar-refractivity contribution in [3.05, 3.63) is 42.1 Å². The topological polar surface area (TPSA) is 53.9 Å². The SMILES string of the molecule is O=C1NC=CC2N=C(N3CCC(Oc4ccccc4C(F)(F)F)CC3)SC12. The second kappa shape index (κ2) is 7.10. The number of likely N-dealkylation sites (tertiary alicyclic amines) is 1. The number of halogens is 3. The number of rotatable bonds is 2. The Labute approximate surface area is 158 Å². The molecule has 0 radical (unpaired) electrons. The first kappa shape index (κ1) is 18.2. The molecule has 1 N–H and O–H groups in total. The van der Waals surface area contributed by atoms with Crippen molar-refractivity contribution >= 4 is 22.8 Å². The molecular weight excluding hydrogens is 379 g/mol. The molecule has 0 spiro atoms. The summed E-state index contributed by atoms with van der Waals surface area (Å²) in [6.45, 7) is 1.27. The maximum absolute atomic E-state index is 13.1. The number of nitrogens with one attached hydrogen (secondary N) is 1. The molecule has 0 aliphatic carbocycles. The molecule has 144 valence electrons. The minimum absolute atomic E-state index is 0.0479. The van der Waals surface area contributed by atoms with Gasteiger partial charge in [-0.3, -0.25) is 9.79 Å². The van der Waals surface area contributed by atoms with Crippen LogP contribution in [0, 0.1) is 0 Å². The lowest BCUT2D eigenvalue weighted by atomic mass is 10.1. The summed E-state index contributed by atoms with van der Waals surface area (Å²) in [5.74, 6) is -0.169. The fourth-order valence-corrected chi connectivity index (χ4v) is 4.58. The molecule has 27 heavy (non-hydrogen) atoms. The number of nitrogens with zero attached hydrogens (tertiary/aromatic N) is 2. The number of carbonyl (C=O) groups is 1. The first-order valence-electron chi connectivity index (χ1n) is 8.71. The number of fused-ring (bicyclic) bond motifs is 1. The number of ether oxygens (including phenoxy) is 1. The van der Waals surface area contributed by atoms with Crippen LogP contribution in [-0.4, -0.2) is 46.5 Å². The predicted octanol–water partition coefficient (Wildman–Crippen LogP) is 3.03. The highest BCUT2D eigenvalue weighted by atomic mass is 32.2. The van der Waals surface area contributed by atoms with E-state index in [0.717, 1.165) is 11.2 Å². The first-order valence-corrected chi connectivity index (χ1v) is 9.59. The van der Waals surface area contributed by atoms with Crippen LogP contribution in [0.25, 0.3) is 0 Å². The quantitative estimate of drug-likeness (QED) is 0.834. The van der Waals surface area contributed by atoms with E-state index in [1.165, 1.54) is 23.9 Å². The third kappa shape index (κ3) is 3.78. The summed E-state index contributed by atoms with van der Waals surface area (Å²) in [7, 11) is 0. The Morgan fingerprint density at radius 1 is 1.22 bits per heavy atom. The van der Waals surface area contributed by atoms with Crippen LogP contribution in [-0.2, 0) is 11.0 Å². The highest BCUT2D eigenvalue weighted by Gasteiger charge is 2.39. The summed E-state index contributed by atoms with van der Waals surface area (Å²) < 4.78 is 45.0. The lowest BCUT2D eigenvalue weighted by Gasteiger charge is -2.33. The summed E-state index contributed by atoms with van der Waals surface area (Å²) in [4.78, 5) is 18.6. The van der Waals surface area contributed by atoms with Crippen LogP contribution in [0.1, 0.15) is 18.4 Å². The number of carbonyl (C=O) groups excluding carboxylic acids is 1. The number of hydrogen-bond donors (Lipinski definition) is 1. The Morgan fingerprint density at radius 3 is 2.67 bits per heavy atom. The number of thioether (sulfide) groups is 1. The van der Waals surface area contributed by atoms with Gasteiger partial charge in [-0.25, -0.2) is 0 Å². The molecule has 4 rings (SSSR count). The van der Waals surface area contributed by atoms with E-state index >= 15 is 0 Å². The number of alkyl halides is 3. The summed E-state index contributed by atoms with van der Waals surface area (Å²) in [6, 6.07) is 5.16. The van der Waals surface area contributed by atoms with Crippen LogP contribution < -0.4 is 10.1 Å². The molecule has 5 nitrogen and oxygen atoms in total. The van der Waals surface area contributed by atoms with Crippen molar-refractivity contribution in [3.63, 3.8) is 0 Å². The van der Waals surface area contributed by atoms with Gasteiger partial charge in [0, 0.05) is 32.1 Å². The van der Waals surface area contributed by atoms with Crippen molar-refractivity contribution in [3.8, 4) is 5.75 Å². The number of hydrogen-bond acceptors (Lipinski definition) is 5. The molecular formula is C18H18F3N3O2S. The molecule has 9 heteroatoms. The Bertz CT molecular complexity index is 788. The van der Waals surface area contributed by atoms with Crippen LogP contribution in [0.5, 0.6) is 5.75 Å². The van der Waals surface area contributed by atoms with Gasteiger partial charge in [0.15, 0.2) is 5.17 Å². The van der Waals surface area contributed by atoms with Crippen molar-refractivity contribution in [2.45, 2.75) is 36.4 Å². The largest absolute Gasteiger partial charge is 0.490 e. The van der Waals surface area contributed by atoms with Gasteiger partial charge >= 0.3 is 6.18 Å². The van der Waals surface area contributed by atoms with Crippen molar-refractivity contribution < 1.29 is 22.7 Å². The van der Waals surface area contributed by atoms with Gasteiger partial charge < -0.3 is 15.0 Å². The monoisotopic (exact) mass is 397 g/mol. The van der Waals surface area contributed by atoms with E-state index in [1.807, 2.05) is 6.08 Å². The number of amidine groups is 1. The first-order chi connectivity index (χ1) is 12.9. The zero-order valence-corrected chi connectivity index (χ0v) is 15.1. The van der Waals surface area contributed by atoms with Gasteiger partial charge in [0.05, 0.1) is 11.6 Å². The van der Waals surface area contributed by atoms with E-state index in [-0.39, 0.29) is 29.1 Å². The van der Waals surface area contributed by atoms with E-state index < -0.39 is 11.7 Å². The molecule has 0 aromatic heterocycles. The maximum atomic E-state index is 13.1. The average molecular weight is 397 g/mol. The zero-order valence-electron chi connectivity index (χ0n) is 14.3. The Kier molecular flexibility index (Phi) is 4.79. The molecule has 1 aromatic rings. The standard InChI is InChI=1S/C18H18F3N3O2S/c19-18(20,21)12-3-1-2-4-14(12)26-11-6-9-24(10-7-11)17-23-13-5-8-22-16(25)15(13)27-17/h1-5,8,11,13,15H,6-7,9-10H2,(H,22,25). The third-order valence-corrected chi connectivity index (χ3v) is 6.10. The summed E-state index contributed by atoms with van der Waals surface area (Å²) in [5.41, 5.74) is -0.745. The highest BCUT2D eigenvalue weighted by molar-refractivity contribution is 8.15. The smallest absolute Gasteiger partial charge is 0.419 e. The molecule has 3 heterocycles. The van der Waals surface area contributed by atoms with E-state index in [0.29, 0.717) is 25.9 Å². The van der Waals surface area contributed by atoms with E-state index in [1.54, 1.807) is 12.3 Å². The Balaban J connectivity index is 1.37. The second-order valence-corrected chi connectivity index (χ2v) is 7.72. The number of benzene rings is 1. The van der Waals surface area contributed by atoms with Gasteiger partial charge in [-0.2, -0.15) is 13.2 Å². The van der Waals surface area contributed by atoms with Gasteiger partial charge in [-0.1, -0.05) is 23.9 Å². The van der Waals surface area contributed by atoms with Gasteiger partial charge in [-0.15, -0.1) is 0 Å². The average Bonchev–Trinajstić information content (AvgIpc) is 3.08. The number of amides is 1. The second-order valence-electron chi connectivity index (χ2n) is 6.61. The molecule has 3 aliphatic rings. The summed E-state index contributed by atoms with van der Waals surface area (Å²) in [5, 5.41) is 3.27. The van der Waals surface area contributed by atoms with Gasteiger partial charge in [-0.05, 0) is 18.2 Å². The molecule has 2 unspecified atom stereocenters. The Morgan fingerprint density at radius 2 is 1.96 bits per heavy atom. The maximum Gasteiger partial charge on any atom is 0.419 e. The highest BCUT2D eigenvalue weighted by Crippen LogP contribution is 2.37. The Hall–Kier alpha value is -2.16. The van der Waals surface area contributed by atoms with Crippen LogP contribution in [0.15, 0.2) is 41.5 Å². The van der Waals surface area contributed by atoms with E-state index in [2.05, 4.69) is 15.2 Å². The number of piperidine rings is 1. The van der Waals surface area contributed by atoms with Crippen LogP contribution >= 0.6 is 11.8 Å². The molecule has 1 amide bonds. The predicted molar refractivity (Wildman–Crippen MR) is 96.6 cm³/mol. The molecule has 3 aliphatic heterocycles. The summed E-state index contributed by atoms with van der Waals surface area (Å²) in [6.07, 6.45) is -0.0179. The number of para-hydroxylation sites is 1. The fourth-order valence-electron chi connectivity index (χ4n) is 3.38. The third-order valence-electron chi connectivity index (χ3n) is 4.78. The fraction of sp³-hybridized carbons (Fsp3) is 0.444. The van der Waals surface area contributed by atoms with E-state index in [9.17, 15) is 18.0 Å². The van der Waals surface area contributed by atoms with Gasteiger partial charge in [0.2, 0.25) is 5.91 Å². The van der Waals surface area contributed by atoms with Gasteiger partial charge in [0.1, 0.15) is 17.1 Å². The molecule has 0 saturated carbocycles. The van der Waals surface area contributed by atoms with Crippen molar-refractivity contribution in [2.24, 2.45) is 4.99 Å². The summed E-state index contributed by atoms with van der Waals surface area (Å²) >= 11 is 1.44. The van der Waals surface area contributed by atoms with Gasteiger partial charge in [0.25, 0.3) is 0 Å². The lowest BCUT2D eigenvalue weighted by Crippen LogP contribution is -2.41. The van der Waals surface area contributed by atoms with Crippen LogP contribution in [0.3, 0.4) is 0 Å². The zero-order chi connectivity index (χ0) is 19.0. The minimum atomic E-state index is -4.43. The van der Waals surface area contributed by atoms with Crippen molar-refractivity contribution in [2.75, 3.05) is 13.1 Å². The molecule has 1 saturated heterocycles. The minimum Gasteiger partial charge on any atom is -0.490 e.